The van der Waals surface area contributed by atoms with E-state index >= 15 is 0 Å². The van der Waals surface area contributed by atoms with Gasteiger partial charge >= 0.3 is 0 Å². The molecule has 21 heavy (non-hydrogen) atoms. The van der Waals surface area contributed by atoms with E-state index in [4.69, 9.17) is 18.0 Å². The Balaban J connectivity index is 2.10. The number of rotatable bonds is 3. The molecule has 0 aromatic heterocycles. The van der Waals surface area contributed by atoms with Gasteiger partial charge in [-0.05, 0) is 48.9 Å². The molecule has 2 aromatic rings. The molecule has 0 bridgehead atoms. The van der Waals surface area contributed by atoms with Crippen molar-refractivity contribution in [1.82, 2.24) is 0 Å². The molecule has 0 aliphatic heterocycles. The first kappa shape index (κ1) is 14.2. The fourth-order valence-electron chi connectivity index (χ4n) is 3.07. The minimum atomic E-state index is 0.267. The molecule has 0 saturated heterocycles. The molecule has 3 rings (SSSR count). The third kappa shape index (κ3) is 2.47. The molecule has 0 spiro atoms. The van der Waals surface area contributed by atoms with Crippen LogP contribution in [0.2, 0.25) is 0 Å². The summed E-state index contributed by atoms with van der Waals surface area (Å²) in [5, 5.41) is 10.6. The zero-order chi connectivity index (χ0) is 15.0. The maximum Gasteiger partial charge on any atom is 0.129 e. The van der Waals surface area contributed by atoms with Crippen LogP contribution in [0.15, 0.2) is 30.3 Å². The highest BCUT2D eigenvalue weighted by Gasteiger charge is 2.22. The second-order valence-electron chi connectivity index (χ2n) is 5.64. The first-order chi connectivity index (χ1) is 10.1. The summed E-state index contributed by atoms with van der Waals surface area (Å²) in [7, 11) is 0. The summed E-state index contributed by atoms with van der Waals surface area (Å²) in [5.74, 6) is 0.267. The van der Waals surface area contributed by atoms with Gasteiger partial charge in [-0.15, -0.1) is 0 Å². The van der Waals surface area contributed by atoms with E-state index in [9.17, 15) is 5.11 Å². The summed E-state index contributed by atoms with van der Waals surface area (Å²) < 4.78 is 0. The average Bonchev–Trinajstić information content (AvgIpc) is 2.95. The first-order valence-corrected chi connectivity index (χ1v) is 7.70. The molecule has 108 valence electrons. The topological polar surface area (TPSA) is 46.2 Å². The van der Waals surface area contributed by atoms with Crippen LogP contribution in [0.4, 0.5) is 0 Å². The van der Waals surface area contributed by atoms with Crippen molar-refractivity contribution in [3.63, 3.8) is 0 Å². The van der Waals surface area contributed by atoms with Crippen molar-refractivity contribution in [1.29, 1.82) is 0 Å². The molecule has 2 nitrogen and oxygen atoms in total. The molecule has 1 aliphatic carbocycles. The van der Waals surface area contributed by atoms with Crippen molar-refractivity contribution in [3.8, 4) is 5.75 Å². The van der Waals surface area contributed by atoms with Crippen LogP contribution in [0, 0.1) is 6.92 Å². The summed E-state index contributed by atoms with van der Waals surface area (Å²) in [6.07, 6.45) is 3.18. The van der Waals surface area contributed by atoms with E-state index in [1.54, 1.807) is 0 Å². The van der Waals surface area contributed by atoms with Crippen molar-refractivity contribution in [2.75, 3.05) is 0 Å². The summed E-state index contributed by atoms with van der Waals surface area (Å²) in [6.45, 7) is 2.41. The predicted octanol–water partition coefficient (Wildman–Crippen LogP) is 3.41. The first-order valence-electron chi connectivity index (χ1n) is 7.30. The molecule has 0 saturated carbocycles. The Hall–Kier alpha value is -1.71. The van der Waals surface area contributed by atoms with Crippen LogP contribution in [-0.4, -0.2) is 9.97 Å². The highest BCUT2D eigenvalue weighted by atomic mass is 32.1. The Morgan fingerprint density at radius 1 is 1.24 bits per heavy atom. The zero-order valence-electron chi connectivity index (χ0n) is 12.1. The van der Waals surface area contributed by atoms with Crippen LogP contribution < -0.4 is 5.73 Å². The van der Waals surface area contributed by atoms with Gasteiger partial charge in [-0.2, -0.15) is 0 Å². The van der Waals surface area contributed by atoms with Gasteiger partial charge in [-0.25, -0.2) is 0 Å². The van der Waals surface area contributed by atoms with Gasteiger partial charge in [0, 0.05) is 17.7 Å². The van der Waals surface area contributed by atoms with Gasteiger partial charge in [-0.3, -0.25) is 0 Å². The maximum atomic E-state index is 10.6. The quantitative estimate of drug-likeness (QED) is 0.674. The number of thiocarbonyl (C=S) groups is 1. The normalized spacial score (nSPS) is 13.2. The Morgan fingerprint density at radius 2 is 1.95 bits per heavy atom. The monoisotopic (exact) mass is 297 g/mol. The molecule has 1 aliphatic rings. The molecule has 0 atom stereocenters. The largest absolute Gasteiger partial charge is 0.507 e. The number of fused-ring (bicyclic) bond motifs is 1. The summed E-state index contributed by atoms with van der Waals surface area (Å²) in [5.41, 5.74) is 12.1. The van der Waals surface area contributed by atoms with Gasteiger partial charge < -0.3 is 10.8 Å². The average molecular weight is 297 g/mol. The number of nitrogens with two attached hydrogens (primary N) is 1. The van der Waals surface area contributed by atoms with Crippen molar-refractivity contribution < 1.29 is 5.11 Å². The van der Waals surface area contributed by atoms with E-state index in [2.05, 4.69) is 6.07 Å². The third-order valence-electron chi connectivity index (χ3n) is 4.25. The van der Waals surface area contributed by atoms with Crippen molar-refractivity contribution in [2.45, 2.75) is 32.7 Å². The molecule has 2 aromatic carbocycles. The van der Waals surface area contributed by atoms with Crippen molar-refractivity contribution >= 4 is 17.1 Å². The van der Waals surface area contributed by atoms with E-state index in [1.807, 2.05) is 31.2 Å². The van der Waals surface area contributed by atoms with E-state index in [-0.39, 0.29) is 5.75 Å². The molecular formula is C18H19NOS. The number of aromatic hydroxyl groups is 1. The second kappa shape index (κ2) is 5.58. The third-order valence-corrected chi connectivity index (χ3v) is 4.70. The number of hydrogen-bond donors (Lipinski definition) is 2. The van der Waals surface area contributed by atoms with Crippen molar-refractivity contribution in [2.24, 2.45) is 5.73 Å². The van der Waals surface area contributed by atoms with Crippen LogP contribution in [0.3, 0.4) is 0 Å². The minimum Gasteiger partial charge on any atom is -0.507 e. The van der Waals surface area contributed by atoms with E-state index in [0.717, 1.165) is 36.0 Å². The van der Waals surface area contributed by atoms with Crippen LogP contribution in [0.1, 0.15) is 39.8 Å². The number of aryl methyl sites for hydroxylation is 2. The summed E-state index contributed by atoms with van der Waals surface area (Å²) in [6, 6.07) is 10.1. The number of phenols is 1. The SMILES string of the molecule is Cc1ccc(C(=S)c2cc3c(c(CN)c2O)CCC3)cc1. The van der Waals surface area contributed by atoms with E-state index in [0.29, 0.717) is 11.4 Å². The Labute approximate surface area is 130 Å². The number of hydrogen-bond acceptors (Lipinski definition) is 3. The smallest absolute Gasteiger partial charge is 0.129 e. The second-order valence-corrected chi connectivity index (χ2v) is 6.05. The Bertz CT molecular complexity index is 704. The summed E-state index contributed by atoms with van der Waals surface area (Å²) in [4.78, 5) is 0.692. The highest BCUT2D eigenvalue weighted by Crippen LogP contribution is 2.35. The van der Waals surface area contributed by atoms with Gasteiger partial charge in [0.1, 0.15) is 5.75 Å². The van der Waals surface area contributed by atoms with Gasteiger partial charge in [0.15, 0.2) is 0 Å². The van der Waals surface area contributed by atoms with Crippen LogP contribution in [0.5, 0.6) is 5.75 Å². The van der Waals surface area contributed by atoms with Gasteiger partial charge in [0.25, 0.3) is 0 Å². The molecule has 0 heterocycles. The lowest BCUT2D eigenvalue weighted by molar-refractivity contribution is 0.466. The fourth-order valence-corrected chi connectivity index (χ4v) is 3.36. The molecule has 3 heteroatoms. The predicted molar refractivity (Wildman–Crippen MR) is 90.0 cm³/mol. The maximum absolute atomic E-state index is 10.6. The zero-order valence-corrected chi connectivity index (χ0v) is 13.0. The fraction of sp³-hybridized carbons (Fsp3) is 0.278. The molecule has 0 fully saturated rings. The Kier molecular flexibility index (Phi) is 3.79. The van der Waals surface area contributed by atoms with Crippen LogP contribution >= 0.6 is 12.2 Å². The number of phenolic OH excluding ortho intramolecular Hbond substituents is 1. The van der Waals surface area contributed by atoms with Crippen LogP contribution in [-0.2, 0) is 19.4 Å². The lowest BCUT2D eigenvalue weighted by atomic mass is 9.94. The molecule has 0 unspecified atom stereocenters. The Morgan fingerprint density at radius 3 is 2.62 bits per heavy atom. The highest BCUT2D eigenvalue weighted by molar-refractivity contribution is 7.81. The standard InChI is InChI=1S/C18H19NOS/c1-11-5-7-12(8-6-11)18(21)15-9-13-3-2-4-14(13)16(10-19)17(15)20/h5-9,20H,2-4,10,19H2,1H3. The van der Waals surface area contributed by atoms with Crippen LogP contribution in [0.25, 0.3) is 0 Å². The van der Waals surface area contributed by atoms with Crippen molar-refractivity contribution in [3.05, 3.63) is 63.7 Å². The lowest BCUT2D eigenvalue weighted by Crippen LogP contribution is -2.08. The molecular weight excluding hydrogens is 278 g/mol. The van der Waals surface area contributed by atoms with E-state index in [1.165, 1.54) is 16.7 Å². The molecule has 0 amide bonds. The van der Waals surface area contributed by atoms with E-state index < -0.39 is 0 Å². The lowest BCUT2D eigenvalue weighted by Gasteiger charge is -2.15. The number of benzene rings is 2. The van der Waals surface area contributed by atoms with Gasteiger partial charge in [0.05, 0.1) is 4.86 Å². The molecule has 3 N–H and O–H groups in total. The van der Waals surface area contributed by atoms with Gasteiger partial charge in [0.2, 0.25) is 0 Å². The van der Waals surface area contributed by atoms with Gasteiger partial charge in [-0.1, -0.05) is 42.0 Å². The molecule has 0 radical (unpaired) electrons. The minimum absolute atomic E-state index is 0.267. The summed E-state index contributed by atoms with van der Waals surface area (Å²) >= 11 is 5.60.